The average Bonchev–Trinajstić information content (AvgIpc) is 3.72. The number of benzene rings is 2. The number of nitrogens with zero attached hydrogens (tertiary/aromatic N) is 3. The summed E-state index contributed by atoms with van der Waals surface area (Å²) >= 11 is 1.31. The molecule has 55 heavy (non-hydrogen) atoms. The van der Waals surface area contributed by atoms with E-state index in [9.17, 15) is 23.7 Å². The van der Waals surface area contributed by atoms with Gasteiger partial charge in [0.1, 0.15) is 23.9 Å². The zero-order valence-electron chi connectivity index (χ0n) is 31.6. The van der Waals surface area contributed by atoms with Crippen molar-refractivity contribution in [1.29, 1.82) is 0 Å². The van der Waals surface area contributed by atoms with Crippen molar-refractivity contribution in [3.05, 3.63) is 94.6 Å². The number of para-hydroxylation sites is 1. The molecule has 3 aliphatic heterocycles. The molecule has 0 saturated carbocycles. The summed E-state index contributed by atoms with van der Waals surface area (Å²) in [5.74, 6) is -0.453. The van der Waals surface area contributed by atoms with Gasteiger partial charge in [-0.15, -0.1) is 11.3 Å². The van der Waals surface area contributed by atoms with Crippen molar-refractivity contribution in [3.63, 3.8) is 0 Å². The zero-order valence-corrected chi connectivity index (χ0v) is 33.3. The molecule has 2 N–H and O–H groups in total. The van der Waals surface area contributed by atoms with Crippen molar-refractivity contribution >= 4 is 52.6 Å². The number of hydrogen-bond donors (Lipinski definition) is 2. The van der Waals surface area contributed by atoms with Crippen molar-refractivity contribution in [3.8, 4) is 5.75 Å². The van der Waals surface area contributed by atoms with Gasteiger partial charge in [-0.05, 0) is 118 Å². The summed E-state index contributed by atoms with van der Waals surface area (Å²) in [7, 11) is -3.69. The van der Waals surface area contributed by atoms with Crippen LogP contribution < -0.4 is 14.9 Å². The van der Waals surface area contributed by atoms with Crippen molar-refractivity contribution in [2.75, 3.05) is 13.1 Å². The Hall–Kier alpha value is -4.58. The molecule has 3 fully saturated rings. The number of thiophene rings is 1. The highest BCUT2D eigenvalue weighted by Crippen LogP contribution is 2.47. The molecule has 2 aromatic heterocycles. The summed E-state index contributed by atoms with van der Waals surface area (Å²) in [4.78, 5) is 62.5. The highest BCUT2D eigenvalue weighted by atomic mass is 32.1. The Labute approximate surface area is 325 Å². The monoisotopic (exact) mass is 785 g/mol. The number of carbonyl (C=O) groups is 4. The average molecular weight is 786 g/mol. The lowest BCUT2D eigenvalue weighted by Gasteiger charge is -2.43. The molecular formula is C41H48N5O7PS. The fourth-order valence-corrected chi connectivity index (χ4v) is 10.9. The minimum absolute atomic E-state index is 0.0103. The summed E-state index contributed by atoms with van der Waals surface area (Å²) in [6, 6.07) is 15.9. The van der Waals surface area contributed by atoms with E-state index in [1.807, 2.05) is 41.4 Å². The SMILES string of the molecule is Cc1ccncc1C1CN(C(=O)[C@@H]2CC[C@@H]3CCCC(NC(=O)c4cc5cc(CP(=O)(N[C@@H](C)C(=O)OC(C)C)Oc6ccccc6)ccc5s4)C(=O)N32)C1. The van der Waals surface area contributed by atoms with Crippen molar-refractivity contribution in [2.45, 2.75) is 102 Å². The Bertz CT molecular complexity index is 2120. The van der Waals surface area contributed by atoms with E-state index in [1.54, 1.807) is 62.2 Å². The van der Waals surface area contributed by atoms with Gasteiger partial charge in [0, 0.05) is 42.1 Å². The summed E-state index contributed by atoms with van der Waals surface area (Å²) in [6.07, 6.45) is 6.78. The van der Waals surface area contributed by atoms with Crippen LogP contribution in [0.3, 0.4) is 0 Å². The number of ether oxygens (including phenoxy) is 1. The van der Waals surface area contributed by atoms with Crippen LogP contribution >= 0.6 is 18.9 Å². The van der Waals surface area contributed by atoms with Crippen molar-refractivity contribution in [1.82, 2.24) is 25.2 Å². The topological polar surface area (TPSA) is 147 Å². The van der Waals surface area contributed by atoms with Gasteiger partial charge in [0.05, 0.1) is 17.1 Å². The lowest BCUT2D eigenvalue weighted by atomic mass is 9.89. The highest BCUT2D eigenvalue weighted by Gasteiger charge is 2.47. The number of carbonyl (C=O) groups excluding carboxylic acids is 4. The number of rotatable bonds is 12. The van der Waals surface area contributed by atoms with Crippen LogP contribution in [0.25, 0.3) is 10.1 Å². The predicted octanol–water partition coefficient (Wildman–Crippen LogP) is 6.57. The second kappa shape index (κ2) is 16.3. The van der Waals surface area contributed by atoms with Gasteiger partial charge in [-0.2, -0.15) is 0 Å². The Morgan fingerprint density at radius 3 is 2.53 bits per heavy atom. The van der Waals surface area contributed by atoms with Crippen LogP contribution in [0.5, 0.6) is 5.75 Å². The third-order valence-corrected chi connectivity index (χ3v) is 13.9. The summed E-state index contributed by atoms with van der Waals surface area (Å²) in [6.45, 7) is 8.37. The molecule has 14 heteroatoms. The molecule has 12 nitrogen and oxygen atoms in total. The molecule has 4 aromatic rings. The van der Waals surface area contributed by atoms with Crippen LogP contribution in [0, 0.1) is 6.92 Å². The minimum atomic E-state index is -3.69. The summed E-state index contributed by atoms with van der Waals surface area (Å²) in [5.41, 5.74) is 3.01. The Kier molecular flexibility index (Phi) is 11.4. The fraction of sp³-hybridized carbons (Fsp3) is 0.439. The molecule has 5 heterocycles. The first-order valence-electron chi connectivity index (χ1n) is 19.0. The molecule has 3 saturated heterocycles. The number of pyridine rings is 1. The maximum absolute atomic E-state index is 14.3. The molecule has 3 amide bonds. The molecule has 2 aromatic carbocycles. The number of aryl methyl sites for hydroxylation is 1. The quantitative estimate of drug-likeness (QED) is 0.120. The van der Waals surface area contributed by atoms with Crippen LogP contribution in [-0.2, 0) is 29.8 Å². The molecule has 2 unspecified atom stereocenters. The third kappa shape index (κ3) is 8.64. The number of amides is 3. The van der Waals surface area contributed by atoms with Gasteiger partial charge in [0.2, 0.25) is 11.8 Å². The first-order valence-corrected chi connectivity index (χ1v) is 21.7. The Morgan fingerprint density at radius 2 is 1.78 bits per heavy atom. The van der Waals surface area contributed by atoms with E-state index in [0.717, 1.165) is 40.5 Å². The lowest BCUT2D eigenvalue weighted by Crippen LogP contribution is -2.58. The van der Waals surface area contributed by atoms with Crippen molar-refractivity contribution in [2.24, 2.45) is 0 Å². The molecule has 0 radical (unpaired) electrons. The second-order valence-electron chi connectivity index (χ2n) is 15.2. The van der Waals surface area contributed by atoms with Gasteiger partial charge < -0.3 is 24.4 Å². The molecule has 3 aliphatic rings. The molecule has 5 atom stereocenters. The first kappa shape index (κ1) is 38.7. The molecule has 0 spiro atoms. The van der Waals surface area contributed by atoms with Gasteiger partial charge in [0.15, 0.2) is 0 Å². The molecule has 0 aliphatic carbocycles. The van der Waals surface area contributed by atoms with Gasteiger partial charge in [0.25, 0.3) is 5.91 Å². The predicted molar refractivity (Wildman–Crippen MR) is 211 cm³/mol. The van der Waals surface area contributed by atoms with E-state index in [2.05, 4.69) is 22.3 Å². The van der Waals surface area contributed by atoms with E-state index in [-0.39, 0.29) is 41.9 Å². The zero-order chi connectivity index (χ0) is 38.9. The summed E-state index contributed by atoms with van der Waals surface area (Å²) < 4.78 is 26.5. The van der Waals surface area contributed by atoms with Crippen LogP contribution in [0.15, 0.2) is 73.1 Å². The number of likely N-dealkylation sites (tertiary alicyclic amines) is 1. The van der Waals surface area contributed by atoms with E-state index in [4.69, 9.17) is 9.26 Å². The summed E-state index contributed by atoms with van der Waals surface area (Å²) in [5, 5.41) is 6.69. The minimum Gasteiger partial charge on any atom is -0.462 e. The maximum atomic E-state index is 14.3. The van der Waals surface area contributed by atoms with Gasteiger partial charge in [-0.25, -0.2) is 5.09 Å². The largest absolute Gasteiger partial charge is 0.462 e. The number of nitrogens with one attached hydrogen (secondary N) is 2. The maximum Gasteiger partial charge on any atom is 0.323 e. The second-order valence-corrected chi connectivity index (χ2v) is 18.4. The normalized spacial score (nSPS) is 21.7. The molecular weight excluding hydrogens is 738 g/mol. The van der Waals surface area contributed by atoms with Gasteiger partial charge in [-0.3, -0.25) is 28.7 Å². The Balaban J connectivity index is 1.02. The van der Waals surface area contributed by atoms with Gasteiger partial charge >= 0.3 is 13.5 Å². The molecule has 0 bridgehead atoms. The van der Waals surface area contributed by atoms with E-state index >= 15 is 0 Å². The standard InChI is InChI=1S/C41H48N5O7PS/c1-25(2)52-41(50)27(4)44-54(51,53-32-10-6-5-7-11-32)24-28-13-16-36-29(19-28)20-37(55-36)38(47)43-34-12-8-9-31-14-15-35(46(31)39(34)48)40(49)45-22-30(23-45)33-21-42-18-17-26(33)3/h5-7,10-11,13,16-21,25,27,30-31,34-35H,8-9,12,14-15,22-24H2,1-4H3,(H,43,47)(H,44,51)/t27-,31-,34?,35-,54?/m0/s1. The number of esters is 1. The smallest absolute Gasteiger partial charge is 0.323 e. The highest BCUT2D eigenvalue weighted by molar-refractivity contribution is 7.56. The van der Waals surface area contributed by atoms with Gasteiger partial charge in [-0.1, -0.05) is 24.3 Å². The Morgan fingerprint density at radius 1 is 1.00 bits per heavy atom. The third-order valence-electron chi connectivity index (χ3n) is 10.7. The molecule has 290 valence electrons. The van der Waals surface area contributed by atoms with Crippen LogP contribution in [0.1, 0.15) is 85.2 Å². The lowest BCUT2D eigenvalue weighted by molar-refractivity contribution is -0.149. The van der Waals surface area contributed by atoms with E-state index < -0.39 is 31.6 Å². The number of fused-ring (bicyclic) bond motifs is 2. The van der Waals surface area contributed by atoms with Crippen molar-refractivity contribution < 1.29 is 33.0 Å². The van der Waals surface area contributed by atoms with Crippen LogP contribution in [-0.4, -0.2) is 81.8 Å². The first-order chi connectivity index (χ1) is 26.4. The van der Waals surface area contributed by atoms with Crippen LogP contribution in [0.4, 0.5) is 0 Å². The number of hydrogen-bond acceptors (Lipinski definition) is 9. The van der Waals surface area contributed by atoms with E-state index in [0.29, 0.717) is 42.1 Å². The van der Waals surface area contributed by atoms with E-state index in [1.165, 1.54) is 11.3 Å². The number of aromatic nitrogens is 1. The molecule has 7 rings (SSSR count). The van der Waals surface area contributed by atoms with Crippen LogP contribution in [0.2, 0.25) is 0 Å². The fourth-order valence-electron chi connectivity index (χ4n) is 7.92.